The van der Waals surface area contributed by atoms with Crippen LogP contribution in [0.15, 0.2) is 69.4 Å². The van der Waals surface area contributed by atoms with Crippen LogP contribution in [0.4, 0.5) is 0 Å². The maximum atomic E-state index is 11.6. The number of guanidine groups is 1. The molecule has 29 heavy (non-hydrogen) atoms. The van der Waals surface area contributed by atoms with Crippen molar-refractivity contribution in [2.75, 3.05) is 25.9 Å². The molecule has 0 aliphatic heterocycles. The molecule has 0 radical (unpaired) electrons. The van der Waals surface area contributed by atoms with Gasteiger partial charge in [-0.3, -0.25) is 4.99 Å². The zero-order valence-corrected chi connectivity index (χ0v) is 18.7. The topological polar surface area (TPSA) is 70.6 Å². The average molecular weight is 432 g/mol. The molecule has 0 spiro atoms. The van der Waals surface area contributed by atoms with Gasteiger partial charge in [0.1, 0.15) is 0 Å². The van der Waals surface area contributed by atoms with Gasteiger partial charge in [-0.1, -0.05) is 30.3 Å². The zero-order chi connectivity index (χ0) is 20.7. The van der Waals surface area contributed by atoms with Crippen molar-refractivity contribution in [3.8, 4) is 0 Å². The maximum Gasteiger partial charge on any atom is 0.191 e. The van der Waals surface area contributed by atoms with E-state index < -0.39 is 9.84 Å². The number of hydrogen-bond acceptors (Lipinski definition) is 4. The number of nitrogens with zero attached hydrogens (tertiary/aromatic N) is 1. The summed E-state index contributed by atoms with van der Waals surface area (Å²) in [5.74, 6) is 0.834. The molecule has 0 amide bonds. The van der Waals surface area contributed by atoms with E-state index in [1.165, 1.54) is 24.0 Å². The summed E-state index contributed by atoms with van der Waals surface area (Å²) in [7, 11) is -3.15. The molecule has 0 heterocycles. The van der Waals surface area contributed by atoms with Crippen molar-refractivity contribution >= 4 is 27.6 Å². The van der Waals surface area contributed by atoms with E-state index in [0.717, 1.165) is 37.6 Å². The van der Waals surface area contributed by atoms with Gasteiger partial charge in [0.25, 0.3) is 0 Å². The highest BCUT2D eigenvalue weighted by Gasteiger charge is 2.43. The molecule has 1 aliphatic carbocycles. The van der Waals surface area contributed by atoms with Crippen LogP contribution in [-0.4, -0.2) is 45.0 Å². The number of nitrogens with one attached hydrogen (secondary N) is 2. The van der Waals surface area contributed by atoms with E-state index in [1.807, 2.05) is 30.0 Å². The Bertz CT molecular complexity index is 922. The number of rotatable bonds is 9. The summed E-state index contributed by atoms with van der Waals surface area (Å²) in [6.07, 6.45) is 4.42. The minimum Gasteiger partial charge on any atom is -0.357 e. The van der Waals surface area contributed by atoms with Crippen LogP contribution in [0.3, 0.4) is 0 Å². The molecule has 1 saturated carbocycles. The molecule has 0 saturated heterocycles. The highest BCUT2D eigenvalue weighted by Crippen LogP contribution is 2.51. The molecule has 5 nitrogen and oxygen atoms in total. The SMILES string of the molecule is CCNC(=NCC1(Sc2ccccc2)CC1)NCCc1ccc(S(C)(=O)=O)cc1. The monoisotopic (exact) mass is 431 g/mol. The van der Waals surface area contributed by atoms with Gasteiger partial charge >= 0.3 is 0 Å². The summed E-state index contributed by atoms with van der Waals surface area (Å²) in [5.41, 5.74) is 1.10. The largest absolute Gasteiger partial charge is 0.357 e. The Balaban J connectivity index is 1.52. The third-order valence-corrected chi connectivity index (χ3v) is 7.42. The van der Waals surface area contributed by atoms with E-state index in [-0.39, 0.29) is 4.75 Å². The Kier molecular flexibility index (Phi) is 7.24. The second-order valence-corrected chi connectivity index (χ2v) is 10.9. The predicted octanol–water partition coefficient (Wildman–Crippen LogP) is 3.51. The molecular weight excluding hydrogens is 402 g/mol. The first-order valence-electron chi connectivity index (χ1n) is 9.95. The second-order valence-electron chi connectivity index (χ2n) is 7.39. The highest BCUT2D eigenvalue weighted by molar-refractivity contribution is 8.01. The van der Waals surface area contributed by atoms with Crippen LogP contribution in [0, 0.1) is 0 Å². The lowest BCUT2D eigenvalue weighted by atomic mass is 10.1. The van der Waals surface area contributed by atoms with Crippen LogP contribution in [0.2, 0.25) is 0 Å². The molecule has 7 heteroatoms. The van der Waals surface area contributed by atoms with Gasteiger partial charge in [-0.15, -0.1) is 11.8 Å². The minimum atomic E-state index is -3.15. The Hall–Kier alpha value is -1.99. The first-order chi connectivity index (χ1) is 13.9. The van der Waals surface area contributed by atoms with Crippen LogP contribution >= 0.6 is 11.8 Å². The summed E-state index contributed by atoms with van der Waals surface area (Å²) >= 11 is 1.93. The summed E-state index contributed by atoms with van der Waals surface area (Å²) in [4.78, 5) is 6.47. The van der Waals surface area contributed by atoms with Crippen LogP contribution in [0.5, 0.6) is 0 Å². The second kappa shape index (κ2) is 9.67. The summed E-state index contributed by atoms with van der Waals surface area (Å²) in [6.45, 7) is 4.41. The minimum absolute atomic E-state index is 0.227. The van der Waals surface area contributed by atoms with Gasteiger partial charge in [0, 0.05) is 29.0 Å². The fourth-order valence-corrected chi connectivity index (χ4v) is 4.82. The van der Waals surface area contributed by atoms with Gasteiger partial charge in [0.05, 0.1) is 11.4 Å². The summed E-state index contributed by atoms with van der Waals surface area (Å²) < 4.78 is 23.3. The van der Waals surface area contributed by atoms with Gasteiger partial charge in [-0.2, -0.15) is 0 Å². The first kappa shape index (κ1) is 21.7. The van der Waals surface area contributed by atoms with Gasteiger partial charge < -0.3 is 10.6 Å². The van der Waals surface area contributed by atoms with Crippen molar-refractivity contribution < 1.29 is 8.42 Å². The van der Waals surface area contributed by atoms with Gasteiger partial charge in [-0.05, 0) is 56.0 Å². The smallest absolute Gasteiger partial charge is 0.191 e. The van der Waals surface area contributed by atoms with E-state index >= 15 is 0 Å². The fourth-order valence-electron chi connectivity index (χ4n) is 2.96. The van der Waals surface area contributed by atoms with E-state index in [9.17, 15) is 8.42 Å². The van der Waals surface area contributed by atoms with Crippen LogP contribution in [0.1, 0.15) is 25.3 Å². The number of thioether (sulfide) groups is 1. The van der Waals surface area contributed by atoms with Gasteiger partial charge in [0.15, 0.2) is 15.8 Å². The standard InChI is InChI=1S/C22H29N3O2S2/c1-3-23-21(24-16-13-18-9-11-20(12-10-18)29(2,26)27)25-17-22(14-15-22)28-19-7-5-4-6-8-19/h4-12H,3,13-17H2,1-2H3,(H2,23,24,25). The fraction of sp³-hybridized carbons (Fsp3) is 0.409. The average Bonchev–Trinajstić information content (AvgIpc) is 3.46. The van der Waals surface area contributed by atoms with E-state index in [2.05, 4.69) is 41.8 Å². The first-order valence-corrected chi connectivity index (χ1v) is 12.7. The number of sulfone groups is 1. The van der Waals surface area contributed by atoms with Crippen molar-refractivity contribution in [2.24, 2.45) is 4.99 Å². The molecule has 1 aliphatic rings. The molecule has 2 N–H and O–H groups in total. The van der Waals surface area contributed by atoms with Gasteiger partial charge in [0.2, 0.25) is 0 Å². The molecule has 0 aromatic heterocycles. The number of hydrogen-bond donors (Lipinski definition) is 2. The molecule has 0 bridgehead atoms. The lowest BCUT2D eigenvalue weighted by Gasteiger charge is -2.15. The van der Waals surface area contributed by atoms with E-state index in [0.29, 0.717) is 4.90 Å². The molecule has 2 aromatic carbocycles. The van der Waals surface area contributed by atoms with Crippen molar-refractivity contribution in [2.45, 2.75) is 40.7 Å². The van der Waals surface area contributed by atoms with Crippen molar-refractivity contribution in [1.29, 1.82) is 0 Å². The van der Waals surface area contributed by atoms with Gasteiger partial charge in [-0.25, -0.2) is 8.42 Å². The Morgan fingerprint density at radius 1 is 1.07 bits per heavy atom. The van der Waals surface area contributed by atoms with Crippen molar-refractivity contribution in [3.63, 3.8) is 0 Å². The maximum absolute atomic E-state index is 11.6. The normalized spacial score (nSPS) is 15.7. The summed E-state index contributed by atoms with van der Waals surface area (Å²) in [5, 5.41) is 6.70. The molecule has 156 valence electrons. The quantitative estimate of drug-likeness (QED) is 0.470. The Morgan fingerprint density at radius 3 is 2.34 bits per heavy atom. The molecule has 0 atom stereocenters. The van der Waals surface area contributed by atoms with E-state index in [1.54, 1.807) is 12.1 Å². The number of aliphatic imine (C=N–C) groups is 1. The third kappa shape index (κ3) is 6.78. The van der Waals surface area contributed by atoms with E-state index in [4.69, 9.17) is 4.99 Å². The Labute approximate surface area is 178 Å². The third-order valence-electron chi connectivity index (χ3n) is 4.81. The molecule has 1 fully saturated rings. The van der Waals surface area contributed by atoms with Crippen LogP contribution in [0.25, 0.3) is 0 Å². The zero-order valence-electron chi connectivity index (χ0n) is 17.0. The lowest BCUT2D eigenvalue weighted by Crippen LogP contribution is -2.39. The van der Waals surface area contributed by atoms with Crippen LogP contribution in [-0.2, 0) is 16.3 Å². The highest BCUT2D eigenvalue weighted by atomic mass is 32.2. The summed E-state index contributed by atoms with van der Waals surface area (Å²) in [6, 6.07) is 17.6. The predicted molar refractivity (Wildman–Crippen MR) is 122 cm³/mol. The molecule has 3 rings (SSSR count). The molecular formula is C22H29N3O2S2. The Morgan fingerprint density at radius 2 is 1.76 bits per heavy atom. The van der Waals surface area contributed by atoms with Crippen molar-refractivity contribution in [3.05, 3.63) is 60.2 Å². The molecule has 0 unspecified atom stereocenters. The van der Waals surface area contributed by atoms with Crippen molar-refractivity contribution in [1.82, 2.24) is 10.6 Å². The van der Waals surface area contributed by atoms with Crippen LogP contribution < -0.4 is 10.6 Å². The number of benzene rings is 2. The lowest BCUT2D eigenvalue weighted by molar-refractivity contribution is 0.602. The molecule has 2 aromatic rings.